The van der Waals surface area contributed by atoms with Crippen molar-refractivity contribution in [2.24, 2.45) is 0 Å². The molecule has 4 nitrogen and oxygen atoms in total. The first-order valence-corrected chi connectivity index (χ1v) is 5.74. The van der Waals surface area contributed by atoms with Crippen LogP contribution in [-0.4, -0.2) is 48.2 Å². The lowest BCUT2D eigenvalue weighted by Gasteiger charge is -2.33. The molecule has 88 valence electrons. The number of piperazine rings is 1. The topological polar surface area (TPSA) is 39.6 Å². The van der Waals surface area contributed by atoms with E-state index in [2.05, 4.69) is 21.8 Å². The van der Waals surface area contributed by atoms with E-state index >= 15 is 0 Å². The predicted octanol–water partition coefficient (Wildman–Crippen LogP) is 0.887. The third-order valence-corrected chi connectivity index (χ3v) is 3.08. The lowest BCUT2D eigenvalue weighted by molar-refractivity contribution is 0.199. The van der Waals surface area contributed by atoms with Gasteiger partial charge >= 0.3 is 0 Å². The molecule has 2 heterocycles. The van der Waals surface area contributed by atoms with Gasteiger partial charge in [0.25, 0.3) is 0 Å². The van der Waals surface area contributed by atoms with Crippen molar-refractivity contribution in [3.05, 3.63) is 23.9 Å². The van der Waals surface area contributed by atoms with Crippen LogP contribution in [0.15, 0.2) is 18.3 Å². The normalized spacial score (nSPS) is 19.8. The molecule has 1 aliphatic rings. The summed E-state index contributed by atoms with van der Waals surface area (Å²) in [5.41, 5.74) is 0.934. The maximum absolute atomic E-state index is 9.53. The van der Waals surface area contributed by atoms with Gasteiger partial charge < -0.3 is 14.9 Å². The van der Waals surface area contributed by atoms with Crippen LogP contribution in [0.5, 0.6) is 0 Å². The Morgan fingerprint density at radius 1 is 1.31 bits per heavy atom. The van der Waals surface area contributed by atoms with Crippen LogP contribution in [0.1, 0.15) is 18.6 Å². The largest absolute Gasteiger partial charge is 0.389 e. The highest BCUT2D eigenvalue weighted by atomic mass is 16.3. The van der Waals surface area contributed by atoms with E-state index in [1.54, 1.807) is 13.1 Å². The zero-order valence-electron chi connectivity index (χ0n) is 9.93. The summed E-state index contributed by atoms with van der Waals surface area (Å²) in [6.45, 7) is 5.93. The molecule has 1 aliphatic heterocycles. The SMILES string of the molecule is C[C@@H](O)c1ccnc(N2CCN(C)CC2)c1. The zero-order chi connectivity index (χ0) is 11.5. The first-order valence-electron chi connectivity index (χ1n) is 5.74. The van der Waals surface area contributed by atoms with Gasteiger partial charge in [-0.25, -0.2) is 4.98 Å². The van der Waals surface area contributed by atoms with Crippen LogP contribution < -0.4 is 4.90 Å². The third-order valence-electron chi connectivity index (χ3n) is 3.08. The molecule has 0 bridgehead atoms. The number of rotatable bonds is 2. The van der Waals surface area contributed by atoms with Gasteiger partial charge in [0.1, 0.15) is 5.82 Å². The van der Waals surface area contributed by atoms with Crippen LogP contribution >= 0.6 is 0 Å². The second kappa shape index (κ2) is 4.80. The Hall–Kier alpha value is -1.13. The minimum Gasteiger partial charge on any atom is -0.389 e. The molecule has 0 saturated carbocycles. The molecule has 1 atom stereocenters. The van der Waals surface area contributed by atoms with Crippen molar-refractivity contribution >= 4 is 5.82 Å². The lowest BCUT2D eigenvalue weighted by atomic mass is 10.1. The summed E-state index contributed by atoms with van der Waals surface area (Å²) in [6.07, 6.45) is 1.35. The summed E-state index contributed by atoms with van der Waals surface area (Å²) in [5, 5.41) is 9.53. The zero-order valence-corrected chi connectivity index (χ0v) is 9.93. The Labute approximate surface area is 96.5 Å². The summed E-state index contributed by atoms with van der Waals surface area (Å²) < 4.78 is 0. The van der Waals surface area contributed by atoms with Gasteiger partial charge in [-0.2, -0.15) is 0 Å². The highest BCUT2D eigenvalue weighted by Crippen LogP contribution is 2.18. The second-order valence-electron chi connectivity index (χ2n) is 4.41. The number of anilines is 1. The second-order valence-corrected chi connectivity index (χ2v) is 4.41. The van der Waals surface area contributed by atoms with Gasteiger partial charge in [-0.05, 0) is 31.7 Å². The van der Waals surface area contributed by atoms with Crippen LogP contribution in [0.4, 0.5) is 5.82 Å². The van der Waals surface area contributed by atoms with Crippen LogP contribution in [0.2, 0.25) is 0 Å². The van der Waals surface area contributed by atoms with E-state index in [-0.39, 0.29) is 0 Å². The molecule has 0 amide bonds. The number of aromatic nitrogens is 1. The Kier molecular flexibility index (Phi) is 3.41. The molecule has 16 heavy (non-hydrogen) atoms. The molecule has 0 unspecified atom stereocenters. The van der Waals surface area contributed by atoms with Crippen molar-refractivity contribution in [2.45, 2.75) is 13.0 Å². The van der Waals surface area contributed by atoms with Crippen LogP contribution in [0, 0.1) is 0 Å². The molecule has 0 radical (unpaired) electrons. The average Bonchev–Trinajstić information content (AvgIpc) is 2.30. The van der Waals surface area contributed by atoms with Crippen LogP contribution in [0.25, 0.3) is 0 Å². The highest BCUT2D eigenvalue weighted by Gasteiger charge is 2.15. The fraction of sp³-hybridized carbons (Fsp3) is 0.583. The van der Waals surface area contributed by atoms with Gasteiger partial charge in [0.05, 0.1) is 6.10 Å². The van der Waals surface area contributed by atoms with Crippen molar-refractivity contribution in [1.29, 1.82) is 0 Å². The smallest absolute Gasteiger partial charge is 0.128 e. The van der Waals surface area contributed by atoms with Crippen molar-refractivity contribution < 1.29 is 5.11 Å². The molecule has 0 aromatic carbocycles. The summed E-state index contributed by atoms with van der Waals surface area (Å²) in [4.78, 5) is 8.95. The number of aliphatic hydroxyl groups excluding tert-OH is 1. The Balaban J connectivity index is 2.11. The van der Waals surface area contributed by atoms with Gasteiger partial charge in [-0.1, -0.05) is 0 Å². The molecular formula is C12H19N3O. The Morgan fingerprint density at radius 3 is 2.62 bits per heavy atom. The van der Waals surface area contributed by atoms with E-state index < -0.39 is 6.10 Å². The van der Waals surface area contributed by atoms with Crippen LogP contribution in [-0.2, 0) is 0 Å². The van der Waals surface area contributed by atoms with E-state index in [4.69, 9.17) is 0 Å². The first-order chi connectivity index (χ1) is 7.66. The average molecular weight is 221 g/mol. The van der Waals surface area contributed by atoms with Gasteiger partial charge in [-0.3, -0.25) is 0 Å². The summed E-state index contributed by atoms with van der Waals surface area (Å²) >= 11 is 0. The maximum Gasteiger partial charge on any atom is 0.128 e. The minimum absolute atomic E-state index is 0.422. The molecule has 1 saturated heterocycles. The van der Waals surface area contributed by atoms with E-state index in [0.29, 0.717) is 0 Å². The Bertz CT molecular complexity index is 346. The predicted molar refractivity (Wildman–Crippen MR) is 64.6 cm³/mol. The van der Waals surface area contributed by atoms with Gasteiger partial charge in [0.2, 0.25) is 0 Å². The molecule has 1 fully saturated rings. The lowest BCUT2D eigenvalue weighted by Crippen LogP contribution is -2.44. The van der Waals surface area contributed by atoms with Crippen molar-refractivity contribution in [2.75, 3.05) is 38.1 Å². The molecule has 2 rings (SSSR count). The Morgan fingerprint density at radius 2 is 2.00 bits per heavy atom. The molecule has 1 N–H and O–H groups in total. The summed E-state index contributed by atoms with van der Waals surface area (Å²) in [7, 11) is 2.14. The number of hydrogen-bond acceptors (Lipinski definition) is 4. The van der Waals surface area contributed by atoms with Gasteiger partial charge in [0, 0.05) is 32.4 Å². The molecule has 0 spiro atoms. The van der Waals surface area contributed by atoms with E-state index in [1.165, 1.54) is 0 Å². The number of nitrogens with zero attached hydrogens (tertiary/aromatic N) is 3. The molecule has 1 aromatic rings. The number of pyridine rings is 1. The minimum atomic E-state index is -0.422. The quantitative estimate of drug-likeness (QED) is 0.805. The van der Waals surface area contributed by atoms with Crippen LogP contribution in [0.3, 0.4) is 0 Å². The number of hydrogen-bond donors (Lipinski definition) is 1. The fourth-order valence-electron chi connectivity index (χ4n) is 1.90. The maximum atomic E-state index is 9.53. The molecule has 0 aliphatic carbocycles. The monoisotopic (exact) mass is 221 g/mol. The highest BCUT2D eigenvalue weighted by molar-refractivity contribution is 5.42. The number of aliphatic hydroxyl groups is 1. The van der Waals surface area contributed by atoms with Gasteiger partial charge in [0.15, 0.2) is 0 Å². The van der Waals surface area contributed by atoms with Crippen molar-refractivity contribution in [1.82, 2.24) is 9.88 Å². The molecular weight excluding hydrogens is 202 g/mol. The first kappa shape index (κ1) is 11.4. The van der Waals surface area contributed by atoms with Crippen molar-refractivity contribution in [3.63, 3.8) is 0 Å². The van der Waals surface area contributed by atoms with E-state index in [0.717, 1.165) is 37.6 Å². The van der Waals surface area contributed by atoms with E-state index in [1.807, 2.05) is 12.1 Å². The van der Waals surface area contributed by atoms with Gasteiger partial charge in [-0.15, -0.1) is 0 Å². The van der Waals surface area contributed by atoms with E-state index in [9.17, 15) is 5.11 Å². The van der Waals surface area contributed by atoms with Crippen molar-refractivity contribution in [3.8, 4) is 0 Å². The third kappa shape index (κ3) is 2.51. The molecule has 4 heteroatoms. The molecule has 1 aromatic heterocycles. The number of likely N-dealkylation sites (N-methyl/N-ethyl adjacent to an activating group) is 1. The summed E-state index contributed by atoms with van der Waals surface area (Å²) in [6, 6.07) is 3.85. The summed E-state index contributed by atoms with van der Waals surface area (Å²) in [5.74, 6) is 0.978. The fourth-order valence-corrected chi connectivity index (χ4v) is 1.90. The standard InChI is InChI=1S/C12H19N3O/c1-10(16)11-3-4-13-12(9-11)15-7-5-14(2)6-8-15/h3-4,9-10,16H,5-8H2,1-2H3/t10-/m1/s1.